The molecule has 0 aliphatic carbocycles. The topological polar surface area (TPSA) is 68.7 Å². The molecule has 76 valence electrons. The molecule has 0 aliphatic heterocycles. The van der Waals surface area contributed by atoms with Crippen LogP contribution >= 0.6 is 11.6 Å². The van der Waals surface area contributed by atoms with Gasteiger partial charge in [-0.2, -0.15) is 0 Å². The van der Waals surface area contributed by atoms with Crippen molar-refractivity contribution in [1.82, 2.24) is 4.98 Å². The van der Waals surface area contributed by atoms with Crippen LogP contribution in [0.4, 0.5) is 0 Å². The molecule has 6 heteroatoms. The molecule has 0 bridgehead atoms. The average Bonchev–Trinajstić information content (AvgIpc) is 2.16. The lowest BCUT2D eigenvalue weighted by Crippen LogP contribution is -2.04. The maximum absolute atomic E-state index is 10.6. The average molecular weight is 218 g/mol. The van der Waals surface area contributed by atoms with Gasteiger partial charge in [-0.3, -0.25) is 0 Å². The Morgan fingerprint density at radius 1 is 1.50 bits per heavy atom. The number of rotatable bonds is 3. The predicted octanol–water partition coefficient (Wildman–Crippen LogP) is 1.45. The van der Waals surface area contributed by atoms with E-state index in [1.165, 1.54) is 20.3 Å². The van der Waals surface area contributed by atoms with Crippen molar-refractivity contribution in [2.75, 3.05) is 14.2 Å². The molecule has 1 N–H and O–H groups in total. The Kier molecular flexibility index (Phi) is 3.14. The Balaban J connectivity index is 3.30. The number of ether oxygens (including phenoxy) is 2. The summed E-state index contributed by atoms with van der Waals surface area (Å²) in [4.78, 5) is 14.3. The zero-order valence-corrected chi connectivity index (χ0v) is 8.33. The minimum Gasteiger partial charge on any atom is -0.491 e. The monoisotopic (exact) mass is 217 g/mol. The van der Waals surface area contributed by atoms with Gasteiger partial charge in [-0.15, -0.1) is 0 Å². The van der Waals surface area contributed by atoms with Crippen LogP contribution in [0.15, 0.2) is 6.07 Å². The highest BCUT2D eigenvalue weighted by Gasteiger charge is 2.16. The SMILES string of the molecule is COc1cc(Cl)c(C(=O)O)nc1OC. The lowest BCUT2D eigenvalue weighted by atomic mass is 10.3. The van der Waals surface area contributed by atoms with E-state index in [4.69, 9.17) is 26.2 Å². The van der Waals surface area contributed by atoms with E-state index < -0.39 is 5.97 Å². The Morgan fingerprint density at radius 2 is 2.14 bits per heavy atom. The molecular formula is C8H8ClNO4. The van der Waals surface area contributed by atoms with Crippen LogP contribution in [0, 0.1) is 0 Å². The van der Waals surface area contributed by atoms with Gasteiger partial charge in [0, 0.05) is 6.07 Å². The number of carboxylic acids is 1. The molecule has 1 heterocycles. The van der Waals surface area contributed by atoms with E-state index in [2.05, 4.69) is 4.98 Å². The predicted molar refractivity (Wildman–Crippen MR) is 49.3 cm³/mol. The molecule has 14 heavy (non-hydrogen) atoms. The van der Waals surface area contributed by atoms with Crippen molar-refractivity contribution in [3.8, 4) is 11.6 Å². The number of hydrogen-bond donors (Lipinski definition) is 1. The third-order valence-electron chi connectivity index (χ3n) is 1.52. The first kappa shape index (κ1) is 10.6. The van der Waals surface area contributed by atoms with Crippen molar-refractivity contribution < 1.29 is 19.4 Å². The van der Waals surface area contributed by atoms with Gasteiger partial charge in [0.25, 0.3) is 5.88 Å². The first-order valence-corrected chi connectivity index (χ1v) is 3.99. The minimum absolute atomic E-state index is 0.00940. The van der Waals surface area contributed by atoms with Crippen LogP contribution in [-0.4, -0.2) is 30.3 Å². The van der Waals surface area contributed by atoms with Crippen molar-refractivity contribution in [2.24, 2.45) is 0 Å². The summed E-state index contributed by atoms with van der Waals surface area (Å²) >= 11 is 5.65. The number of aromatic carboxylic acids is 1. The first-order chi connectivity index (χ1) is 6.60. The smallest absolute Gasteiger partial charge is 0.356 e. The van der Waals surface area contributed by atoms with E-state index in [1.54, 1.807) is 0 Å². The largest absolute Gasteiger partial charge is 0.491 e. The van der Waals surface area contributed by atoms with E-state index in [9.17, 15) is 4.79 Å². The molecule has 0 spiro atoms. The van der Waals surface area contributed by atoms with Crippen LogP contribution < -0.4 is 9.47 Å². The Morgan fingerprint density at radius 3 is 2.57 bits per heavy atom. The number of nitrogens with zero attached hydrogens (tertiary/aromatic N) is 1. The quantitative estimate of drug-likeness (QED) is 0.830. The molecule has 0 aromatic carbocycles. The normalized spacial score (nSPS) is 9.64. The van der Waals surface area contributed by atoms with Gasteiger partial charge in [0.15, 0.2) is 11.4 Å². The summed E-state index contributed by atoms with van der Waals surface area (Å²) in [6.07, 6.45) is 0. The highest BCUT2D eigenvalue weighted by molar-refractivity contribution is 6.33. The maximum atomic E-state index is 10.6. The lowest BCUT2D eigenvalue weighted by Gasteiger charge is -2.07. The van der Waals surface area contributed by atoms with Gasteiger partial charge in [-0.25, -0.2) is 9.78 Å². The van der Waals surface area contributed by atoms with Crippen LogP contribution in [0.3, 0.4) is 0 Å². The first-order valence-electron chi connectivity index (χ1n) is 3.62. The van der Waals surface area contributed by atoms with Crippen molar-refractivity contribution >= 4 is 17.6 Å². The van der Waals surface area contributed by atoms with Crippen LogP contribution in [0.2, 0.25) is 5.02 Å². The van der Waals surface area contributed by atoms with Crippen molar-refractivity contribution in [1.29, 1.82) is 0 Å². The summed E-state index contributed by atoms with van der Waals surface area (Å²) in [6, 6.07) is 1.34. The molecule has 0 atom stereocenters. The Bertz CT molecular complexity index is 367. The molecule has 0 aliphatic rings. The van der Waals surface area contributed by atoms with E-state index in [0.29, 0.717) is 5.75 Å². The van der Waals surface area contributed by atoms with Gasteiger partial charge >= 0.3 is 5.97 Å². The summed E-state index contributed by atoms with van der Waals surface area (Å²) in [5.74, 6) is -0.826. The second-order valence-corrected chi connectivity index (χ2v) is 2.74. The molecule has 0 saturated carbocycles. The van der Waals surface area contributed by atoms with Crippen LogP contribution in [0.25, 0.3) is 0 Å². The van der Waals surface area contributed by atoms with E-state index in [-0.39, 0.29) is 16.6 Å². The number of hydrogen-bond acceptors (Lipinski definition) is 4. The van der Waals surface area contributed by atoms with Crippen LogP contribution in [0.1, 0.15) is 10.5 Å². The van der Waals surface area contributed by atoms with Crippen molar-refractivity contribution in [2.45, 2.75) is 0 Å². The molecule has 0 fully saturated rings. The van der Waals surface area contributed by atoms with Gasteiger partial charge in [0.05, 0.1) is 19.2 Å². The van der Waals surface area contributed by atoms with Gasteiger partial charge in [-0.1, -0.05) is 11.6 Å². The third-order valence-corrected chi connectivity index (χ3v) is 1.81. The second kappa shape index (κ2) is 4.15. The highest BCUT2D eigenvalue weighted by atomic mass is 35.5. The maximum Gasteiger partial charge on any atom is 0.356 e. The minimum atomic E-state index is -1.21. The third kappa shape index (κ3) is 1.88. The fourth-order valence-electron chi connectivity index (χ4n) is 0.898. The van der Waals surface area contributed by atoms with Crippen molar-refractivity contribution in [3.05, 3.63) is 16.8 Å². The van der Waals surface area contributed by atoms with Gasteiger partial charge in [-0.05, 0) is 0 Å². The molecule has 0 saturated heterocycles. The molecule has 0 radical (unpaired) electrons. The van der Waals surface area contributed by atoms with Gasteiger partial charge in [0.2, 0.25) is 0 Å². The molecule has 5 nitrogen and oxygen atoms in total. The summed E-state index contributed by atoms with van der Waals surface area (Å²) in [7, 11) is 2.78. The molecule has 1 aromatic heterocycles. The lowest BCUT2D eigenvalue weighted by molar-refractivity contribution is 0.0689. The number of aromatic nitrogens is 1. The molecule has 1 aromatic rings. The summed E-state index contributed by atoms with van der Waals surface area (Å²) < 4.78 is 9.71. The number of carbonyl (C=O) groups is 1. The standard InChI is InChI=1S/C8H8ClNO4/c1-13-5-3-4(9)6(8(11)12)10-7(5)14-2/h3H,1-2H3,(H,11,12). The number of methoxy groups -OCH3 is 2. The zero-order chi connectivity index (χ0) is 10.7. The fraction of sp³-hybridized carbons (Fsp3) is 0.250. The van der Waals surface area contributed by atoms with E-state index in [0.717, 1.165) is 0 Å². The number of halogens is 1. The molecular weight excluding hydrogens is 210 g/mol. The van der Waals surface area contributed by atoms with E-state index in [1.807, 2.05) is 0 Å². The number of pyridine rings is 1. The Labute approximate surface area is 85.2 Å². The summed E-state index contributed by atoms with van der Waals surface area (Å²) in [6.45, 7) is 0. The zero-order valence-electron chi connectivity index (χ0n) is 7.57. The van der Waals surface area contributed by atoms with Gasteiger partial charge < -0.3 is 14.6 Å². The second-order valence-electron chi connectivity index (χ2n) is 2.34. The van der Waals surface area contributed by atoms with Gasteiger partial charge in [0.1, 0.15) is 0 Å². The van der Waals surface area contributed by atoms with Crippen LogP contribution in [0.5, 0.6) is 11.6 Å². The molecule has 0 amide bonds. The Hall–Kier alpha value is -1.49. The molecule has 0 unspecified atom stereocenters. The molecule has 1 rings (SSSR count). The fourth-order valence-corrected chi connectivity index (χ4v) is 1.12. The summed E-state index contributed by atoms with van der Waals surface area (Å²) in [5, 5.41) is 8.72. The van der Waals surface area contributed by atoms with Crippen molar-refractivity contribution in [3.63, 3.8) is 0 Å². The number of carboxylic acid groups (broad SMARTS) is 1. The van der Waals surface area contributed by atoms with Crippen LogP contribution in [-0.2, 0) is 0 Å². The summed E-state index contributed by atoms with van der Waals surface area (Å²) in [5.41, 5.74) is -0.260. The highest BCUT2D eigenvalue weighted by Crippen LogP contribution is 2.29. The van der Waals surface area contributed by atoms with E-state index >= 15 is 0 Å².